The fraction of sp³-hybridized carbons (Fsp3) is 0.636. The van der Waals surface area contributed by atoms with Gasteiger partial charge in [0.1, 0.15) is 0 Å². The topological polar surface area (TPSA) is 15.3 Å². The first-order chi connectivity index (χ1) is 7.22. The molecule has 0 aliphatic carbocycles. The highest BCUT2D eigenvalue weighted by molar-refractivity contribution is 9.11. The van der Waals surface area contributed by atoms with E-state index in [4.69, 9.17) is 0 Å². The minimum Gasteiger partial charge on any atom is -0.320 e. The lowest BCUT2D eigenvalue weighted by atomic mass is 10.2. The first-order valence-electron chi connectivity index (χ1n) is 5.28. The first kappa shape index (κ1) is 13.2. The fourth-order valence-corrected chi connectivity index (χ4v) is 2.70. The van der Waals surface area contributed by atoms with Crippen LogP contribution in [0.2, 0.25) is 0 Å². The van der Waals surface area contributed by atoms with Crippen molar-refractivity contribution in [3.05, 3.63) is 20.8 Å². The van der Waals surface area contributed by atoms with Gasteiger partial charge >= 0.3 is 0 Å². The normalized spacial score (nSPS) is 11.2. The molecule has 0 fully saturated rings. The number of hydrogen-bond donors (Lipinski definition) is 1. The molecule has 1 rings (SSSR count). The van der Waals surface area contributed by atoms with Gasteiger partial charge < -0.3 is 10.2 Å². The van der Waals surface area contributed by atoms with E-state index in [9.17, 15) is 0 Å². The van der Waals surface area contributed by atoms with Crippen LogP contribution < -0.4 is 5.32 Å². The molecule has 0 bridgehead atoms. The molecule has 15 heavy (non-hydrogen) atoms. The average molecular weight is 291 g/mol. The number of nitrogens with zero attached hydrogens (tertiary/aromatic N) is 1. The van der Waals surface area contributed by atoms with Crippen LogP contribution in [0, 0.1) is 0 Å². The van der Waals surface area contributed by atoms with Crippen LogP contribution in [0.3, 0.4) is 0 Å². The Morgan fingerprint density at radius 3 is 2.87 bits per heavy atom. The molecular weight excluding hydrogens is 272 g/mol. The summed E-state index contributed by atoms with van der Waals surface area (Å²) in [6.07, 6.45) is 2.52. The molecule has 0 atom stereocenters. The summed E-state index contributed by atoms with van der Waals surface area (Å²) < 4.78 is 1.22. The molecule has 0 radical (unpaired) electrons. The van der Waals surface area contributed by atoms with Crippen molar-refractivity contribution in [2.45, 2.75) is 19.4 Å². The molecule has 2 nitrogen and oxygen atoms in total. The van der Waals surface area contributed by atoms with Crippen LogP contribution >= 0.6 is 27.3 Å². The van der Waals surface area contributed by atoms with Gasteiger partial charge in [0.15, 0.2) is 0 Å². The molecule has 0 aromatic carbocycles. The summed E-state index contributed by atoms with van der Waals surface area (Å²) in [5, 5.41) is 5.39. The number of thiophene rings is 1. The van der Waals surface area contributed by atoms with Crippen LogP contribution in [0.25, 0.3) is 0 Å². The summed E-state index contributed by atoms with van der Waals surface area (Å²) in [5.74, 6) is 0. The number of rotatable bonds is 7. The molecule has 0 spiro atoms. The van der Waals surface area contributed by atoms with Crippen molar-refractivity contribution in [2.75, 3.05) is 27.2 Å². The second-order valence-electron chi connectivity index (χ2n) is 3.81. The van der Waals surface area contributed by atoms with Gasteiger partial charge in [-0.3, -0.25) is 0 Å². The van der Waals surface area contributed by atoms with Crippen molar-refractivity contribution >= 4 is 27.3 Å². The monoisotopic (exact) mass is 290 g/mol. The highest BCUT2D eigenvalue weighted by Gasteiger charge is 2.02. The van der Waals surface area contributed by atoms with E-state index in [0.29, 0.717) is 0 Å². The van der Waals surface area contributed by atoms with E-state index in [-0.39, 0.29) is 0 Å². The van der Waals surface area contributed by atoms with Crippen LogP contribution in [0.5, 0.6) is 0 Å². The summed E-state index contributed by atoms with van der Waals surface area (Å²) >= 11 is 5.25. The highest BCUT2D eigenvalue weighted by Crippen LogP contribution is 2.21. The minimum absolute atomic E-state index is 1.06. The fourth-order valence-electron chi connectivity index (χ4n) is 1.50. The average Bonchev–Trinajstić information content (AvgIpc) is 2.59. The van der Waals surface area contributed by atoms with E-state index in [1.165, 1.54) is 28.7 Å². The summed E-state index contributed by atoms with van der Waals surface area (Å²) in [4.78, 5) is 2.38. The Labute approximate surface area is 105 Å². The Morgan fingerprint density at radius 2 is 2.27 bits per heavy atom. The molecule has 1 N–H and O–H groups in total. The van der Waals surface area contributed by atoms with Gasteiger partial charge in [-0.1, -0.05) is 0 Å². The molecule has 1 aromatic rings. The van der Waals surface area contributed by atoms with Gasteiger partial charge in [-0.15, -0.1) is 11.3 Å². The second-order valence-corrected chi connectivity index (χ2v) is 6.10. The second kappa shape index (κ2) is 7.39. The Balaban J connectivity index is 2.15. The molecule has 0 saturated heterocycles. The molecule has 0 saturated carbocycles. The molecule has 1 heterocycles. The molecule has 86 valence electrons. The summed E-state index contributed by atoms with van der Waals surface area (Å²) in [6.45, 7) is 3.36. The largest absolute Gasteiger partial charge is 0.320 e. The van der Waals surface area contributed by atoms with Crippen LogP contribution in [0.15, 0.2) is 15.2 Å². The maximum absolute atomic E-state index is 3.49. The van der Waals surface area contributed by atoms with Gasteiger partial charge in [-0.2, -0.15) is 0 Å². The zero-order chi connectivity index (χ0) is 11.1. The maximum atomic E-state index is 3.49. The molecule has 1 aromatic heterocycles. The van der Waals surface area contributed by atoms with Crippen molar-refractivity contribution in [3.63, 3.8) is 0 Å². The smallest absolute Gasteiger partial charge is 0.0701 e. The third-order valence-electron chi connectivity index (χ3n) is 2.29. The molecule has 0 unspecified atom stereocenters. The molecule has 0 aliphatic rings. The minimum atomic E-state index is 1.06. The Bertz CT molecular complexity index is 275. The molecular formula is C11H19BrN2S. The van der Waals surface area contributed by atoms with Crippen molar-refractivity contribution in [3.8, 4) is 0 Å². The van der Waals surface area contributed by atoms with E-state index in [1.807, 2.05) is 7.05 Å². The lowest BCUT2D eigenvalue weighted by Crippen LogP contribution is -2.20. The van der Waals surface area contributed by atoms with E-state index in [1.54, 1.807) is 11.3 Å². The van der Waals surface area contributed by atoms with Gasteiger partial charge in [0.25, 0.3) is 0 Å². The van der Waals surface area contributed by atoms with Gasteiger partial charge in [-0.05, 0) is 73.0 Å². The summed E-state index contributed by atoms with van der Waals surface area (Å²) in [5.41, 5.74) is 1.41. The SMILES string of the molecule is CNCCCCN(C)Cc1csc(Br)c1. The number of halogens is 1. The van der Waals surface area contributed by atoms with Crippen molar-refractivity contribution in [2.24, 2.45) is 0 Å². The van der Waals surface area contributed by atoms with Crippen LogP contribution in [0.1, 0.15) is 18.4 Å². The lowest BCUT2D eigenvalue weighted by Gasteiger charge is -2.15. The Morgan fingerprint density at radius 1 is 1.47 bits per heavy atom. The van der Waals surface area contributed by atoms with E-state index in [2.05, 4.69) is 44.6 Å². The standard InChI is InChI=1S/C11H19BrN2S/c1-13-5-3-4-6-14(2)8-10-7-11(12)15-9-10/h7,9,13H,3-6,8H2,1-2H3. The zero-order valence-electron chi connectivity index (χ0n) is 9.42. The van der Waals surface area contributed by atoms with Gasteiger partial charge in [0.2, 0.25) is 0 Å². The predicted octanol–water partition coefficient (Wildman–Crippen LogP) is 2.94. The van der Waals surface area contributed by atoms with E-state index in [0.717, 1.165) is 13.1 Å². The van der Waals surface area contributed by atoms with Crippen molar-refractivity contribution in [1.82, 2.24) is 10.2 Å². The maximum Gasteiger partial charge on any atom is 0.0701 e. The van der Waals surface area contributed by atoms with E-state index >= 15 is 0 Å². The summed E-state index contributed by atoms with van der Waals surface area (Å²) in [7, 11) is 4.19. The number of unbranched alkanes of at least 4 members (excludes halogenated alkanes) is 1. The van der Waals surface area contributed by atoms with Crippen LogP contribution in [0.4, 0.5) is 0 Å². The number of nitrogens with one attached hydrogen (secondary N) is 1. The van der Waals surface area contributed by atoms with Crippen molar-refractivity contribution < 1.29 is 0 Å². The highest BCUT2D eigenvalue weighted by atomic mass is 79.9. The van der Waals surface area contributed by atoms with Crippen LogP contribution in [-0.2, 0) is 6.54 Å². The van der Waals surface area contributed by atoms with Gasteiger partial charge in [0, 0.05) is 6.54 Å². The van der Waals surface area contributed by atoms with Gasteiger partial charge in [0.05, 0.1) is 3.79 Å². The quantitative estimate of drug-likeness (QED) is 0.777. The molecule has 0 amide bonds. The molecule has 0 aliphatic heterocycles. The van der Waals surface area contributed by atoms with Crippen LogP contribution in [-0.4, -0.2) is 32.1 Å². The third-order valence-corrected chi connectivity index (χ3v) is 3.84. The zero-order valence-corrected chi connectivity index (χ0v) is 11.8. The first-order valence-corrected chi connectivity index (χ1v) is 6.95. The third kappa shape index (κ3) is 5.66. The van der Waals surface area contributed by atoms with Crippen molar-refractivity contribution in [1.29, 1.82) is 0 Å². The number of hydrogen-bond acceptors (Lipinski definition) is 3. The van der Waals surface area contributed by atoms with Gasteiger partial charge in [-0.25, -0.2) is 0 Å². The predicted molar refractivity (Wildman–Crippen MR) is 71.5 cm³/mol. The van der Waals surface area contributed by atoms with E-state index < -0.39 is 0 Å². The Kier molecular flexibility index (Phi) is 6.48. The Hall–Kier alpha value is 0.100. The lowest BCUT2D eigenvalue weighted by molar-refractivity contribution is 0.318. The summed E-state index contributed by atoms with van der Waals surface area (Å²) in [6, 6.07) is 2.20. The molecule has 4 heteroatoms.